The van der Waals surface area contributed by atoms with Gasteiger partial charge in [0.05, 0.1) is 6.07 Å². The Hall–Kier alpha value is -1.53. The van der Waals surface area contributed by atoms with Crippen LogP contribution in [-0.2, 0) is 0 Å². The summed E-state index contributed by atoms with van der Waals surface area (Å²) in [4.78, 5) is 2.26. The van der Waals surface area contributed by atoms with Gasteiger partial charge in [0.1, 0.15) is 12.4 Å². The predicted octanol–water partition coefficient (Wildman–Crippen LogP) is 2.69. The van der Waals surface area contributed by atoms with Crippen molar-refractivity contribution >= 4 is 0 Å². The van der Waals surface area contributed by atoms with E-state index in [1.165, 1.54) is 0 Å². The van der Waals surface area contributed by atoms with E-state index in [4.69, 9.17) is 10.00 Å². The highest BCUT2D eigenvalue weighted by atomic mass is 16.5. The van der Waals surface area contributed by atoms with Crippen LogP contribution < -0.4 is 4.74 Å². The third-order valence-electron chi connectivity index (χ3n) is 2.63. The zero-order valence-electron chi connectivity index (χ0n) is 10.6. The van der Waals surface area contributed by atoms with Crippen molar-refractivity contribution in [2.75, 3.05) is 19.7 Å². The summed E-state index contributed by atoms with van der Waals surface area (Å²) in [6, 6.07) is 12.4. The molecule has 0 aliphatic carbocycles. The minimum Gasteiger partial charge on any atom is -0.492 e. The first-order chi connectivity index (χ1) is 8.24. The van der Waals surface area contributed by atoms with Crippen LogP contribution in [0.1, 0.15) is 20.3 Å². The fourth-order valence-electron chi connectivity index (χ4n) is 1.62. The highest BCUT2D eigenvalue weighted by molar-refractivity contribution is 5.20. The first-order valence-corrected chi connectivity index (χ1v) is 6.03. The lowest BCUT2D eigenvalue weighted by Crippen LogP contribution is -2.35. The van der Waals surface area contributed by atoms with Crippen LogP contribution in [0.15, 0.2) is 30.3 Å². The van der Waals surface area contributed by atoms with E-state index < -0.39 is 0 Å². The molecule has 0 atom stereocenters. The van der Waals surface area contributed by atoms with Crippen molar-refractivity contribution in [1.29, 1.82) is 5.26 Å². The highest BCUT2D eigenvalue weighted by Crippen LogP contribution is 2.08. The summed E-state index contributed by atoms with van der Waals surface area (Å²) in [5.74, 6) is 0.900. The summed E-state index contributed by atoms with van der Waals surface area (Å²) in [6.45, 7) is 6.61. The largest absolute Gasteiger partial charge is 0.492 e. The molecule has 0 amide bonds. The summed E-state index contributed by atoms with van der Waals surface area (Å²) in [7, 11) is 0. The fourth-order valence-corrected chi connectivity index (χ4v) is 1.62. The minimum atomic E-state index is 0.447. The zero-order valence-corrected chi connectivity index (χ0v) is 10.6. The van der Waals surface area contributed by atoms with Crippen molar-refractivity contribution in [2.24, 2.45) is 0 Å². The van der Waals surface area contributed by atoms with E-state index in [0.717, 1.165) is 18.8 Å². The Morgan fingerprint density at radius 2 is 1.94 bits per heavy atom. The molecule has 0 saturated heterocycles. The van der Waals surface area contributed by atoms with Gasteiger partial charge in [-0.05, 0) is 26.0 Å². The molecule has 1 aromatic carbocycles. The van der Waals surface area contributed by atoms with Gasteiger partial charge in [0.15, 0.2) is 0 Å². The van der Waals surface area contributed by atoms with E-state index in [2.05, 4.69) is 24.8 Å². The lowest BCUT2D eigenvalue weighted by Gasteiger charge is -2.25. The zero-order chi connectivity index (χ0) is 12.5. The van der Waals surface area contributed by atoms with Crippen LogP contribution in [-0.4, -0.2) is 30.6 Å². The number of nitrogens with zero attached hydrogens (tertiary/aromatic N) is 2. The molecule has 1 aromatic rings. The van der Waals surface area contributed by atoms with Crippen molar-refractivity contribution in [3.63, 3.8) is 0 Å². The van der Waals surface area contributed by atoms with Crippen LogP contribution in [0.5, 0.6) is 5.75 Å². The molecule has 0 fully saturated rings. The minimum absolute atomic E-state index is 0.447. The third-order valence-corrected chi connectivity index (χ3v) is 2.63. The van der Waals surface area contributed by atoms with E-state index in [0.29, 0.717) is 19.1 Å². The van der Waals surface area contributed by atoms with Crippen LogP contribution >= 0.6 is 0 Å². The molecule has 0 saturated carbocycles. The molecule has 92 valence electrons. The van der Waals surface area contributed by atoms with Gasteiger partial charge in [-0.3, -0.25) is 4.90 Å². The van der Waals surface area contributed by atoms with Crippen molar-refractivity contribution < 1.29 is 4.74 Å². The van der Waals surface area contributed by atoms with Crippen LogP contribution in [0.4, 0.5) is 0 Å². The number of benzene rings is 1. The number of ether oxygens (including phenoxy) is 1. The summed E-state index contributed by atoms with van der Waals surface area (Å²) in [6.07, 6.45) is 0.573. The van der Waals surface area contributed by atoms with Crippen molar-refractivity contribution in [2.45, 2.75) is 26.3 Å². The van der Waals surface area contributed by atoms with Crippen LogP contribution in [0, 0.1) is 11.3 Å². The Kier molecular flexibility index (Phi) is 6.13. The SMILES string of the molecule is CC(C)N(CCC#N)CCOc1ccccc1. The second-order valence-corrected chi connectivity index (χ2v) is 4.20. The Bertz CT molecular complexity index is 343. The number of hydrogen-bond donors (Lipinski definition) is 0. The Balaban J connectivity index is 2.30. The van der Waals surface area contributed by atoms with Gasteiger partial charge in [-0.2, -0.15) is 5.26 Å². The first kappa shape index (κ1) is 13.5. The van der Waals surface area contributed by atoms with E-state index >= 15 is 0 Å². The molecule has 0 N–H and O–H groups in total. The monoisotopic (exact) mass is 232 g/mol. The van der Waals surface area contributed by atoms with E-state index in [1.54, 1.807) is 0 Å². The number of para-hydroxylation sites is 1. The highest BCUT2D eigenvalue weighted by Gasteiger charge is 2.08. The van der Waals surface area contributed by atoms with Gasteiger partial charge >= 0.3 is 0 Å². The van der Waals surface area contributed by atoms with Gasteiger partial charge in [-0.1, -0.05) is 18.2 Å². The Morgan fingerprint density at radius 3 is 2.53 bits per heavy atom. The second-order valence-electron chi connectivity index (χ2n) is 4.20. The number of hydrogen-bond acceptors (Lipinski definition) is 3. The maximum Gasteiger partial charge on any atom is 0.119 e. The average Bonchev–Trinajstić information content (AvgIpc) is 2.34. The molecule has 1 rings (SSSR count). The molecular weight excluding hydrogens is 212 g/mol. The van der Waals surface area contributed by atoms with Gasteiger partial charge in [0, 0.05) is 25.6 Å². The van der Waals surface area contributed by atoms with E-state index in [-0.39, 0.29) is 0 Å². The lowest BCUT2D eigenvalue weighted by molar-refractivity contribution is 0.179. The second kappa shape index (κ2) is 7.70. The number of nitriles is 1. The predicted molar refractivity (Wildman–Crippen MR) is 68.9 cm³/mol. The molecule has 0 spiro atoms. The van der Waals surface area contributed by atoms with Crippen molar-refractivity contribution in [3.05, 3.63) is 30.3 Å². The fraction of sp³-hybridized carbons (Fsp3) is 0.500. The molecule has 0 heterocycles. The van der Waals surface area contributed by atoms with Gasteiger partial charge in [0.2, 0.25) is 0 Å². The summed E-state index contributed by atoms with van der Waals surface area (Å²) in [5, 5.41) is 8.59. The normalized spacial score (nSPS) is 10.5. The Labute approximate surface area is 104 Å². The molecule has 0 bridgehead atoms. The molecular formula is C14H20N2O. The van der Waals surface area contributed by atoms with Gasteiger partial charge in [0.25, 0.3) is 0 Å². The topological polar surface area (TPSA) is 36.3 Å². The summed E-state index contributed by atoms with van der Waals surface area (Å²) in [5.41, 5.74) is 0. The van der Waals surface area contributed by atoms with Crippen LogP contribution in [0.2, 0.25) is 0 Å². The summed E-state index contributed by atoms with van der Waals surface area (Å²) >= 11 is 0. The smallest absolute Gasteiger partial charge is 0.119 e. The molecule has 17 heavy (non-hydrogen) atoms. The van der Waals surface area contributed by atoms with E-state index in [1.807, 2.05) is 30.3 Å². The first-order valence-electron chi connectivity index (χ1n) is 6.03. The van der Waals surface area contributed by atoms with Gasteiger partial charge in [-0.25, -0.2) is 0 Å². The lowest BCUT2D eigenvalue weighted by atomic mass is 10.3. The summed E-state index contributed by atoms with van der Waals surface area (Å²) < 4.78 is 5.64. The maximum atomic E-state index is 8.59. The molecule has 0 aliphatic heterocycles. The molecule has 0 unspecified atom stereocenters. The average molecular weight is 232 g/mol. The van der Waals surface area contributed by atoms with Crippen LogP contribution in [0.25, 0.3) is 0 Å². The van der Waals surface area contributed by atoms with Crippen molar-refractivity contribution in [1.82, 2.24) is 4.90 Å². The van der Waals surface area contributed by atoms with Gasteiger partial charge < -0.3 is 4.74 Å². The van der Waals surface area contributed by atoms with Gasteiger partial charge in [-0.15, -0.1) is 0 Å². The molecule has 0 radical (unpaired) electrons. The van der Waals surface area contributed by atoms with E-state index in [9.17, 15) is 0 Å². The molecule has 3 heteroatoms. The van der Waals surface area contributed by atoms with Crippen molar-refractivity contribution in [3.8, 4) is 11.8 Å². The maximum absolute atomic E-state index is 8.59. The Morgan fingerprint density at radius 1 is 1.24 bits per heavy atom. The quantitative estimate of drug-likeness (QED) is 0.725. The molecule has 3 nitrogen and oxygen atoms in total. The molecule has 0 aromatic heterocycles. The standard InChI is InChI=1S/C14H20N2O/c1-13(2)16(10-6-9-15)11-12-17-14-7-4-3-5-8-14/h3-5,7-8,13H,6,10-12H2,1-2H3. The third kappa shape index (κ3) is 5.37. The van der Waals surface area contributed by atoms with Crippen LogP contribution in [0.3, 0.4) is 0 Å². The molecule has 0 aliphatic rings. The number of rotatable bonds is 7.